The Morgan fingerprint density at radius 3 is 2.41 bits per heavy atom. The highest BCUT2D eigenvalue weighted by atomic mass is 32.1. The molecule has 0 bridgehead atoms. The van der Waals surface area contributed by atoms with Gasteiger partial charge in [0.1, 0.15) is 24.3 Å². The van der Waals surface area contributed by atoms with E-state index >= 15 is 0 Å². The number of thiazole rings is 1. The first-order valence-corrected chi connectivity index (χ1v) is 24.5. The lowest BCUT2D eigenvalue weighted by molar-refractivity contribution is -0.147. The number of pyridine rings is 1. The molecule has 2 saturated heterocycles. The Bertz CT molecular complexity index is 2620. The van der Waals surface area contributed by atoms with E-state index in [1.807, 2.05) is 68.7 Å². The van der Waals surface area contributed by atoms with Crippen molar-refractivity contribution in [1.82, 2.24) is 35.2 Å². The zero-order valence-electron chi connectivity index (χ0n) is 40.9. The molecule has 3 atom stereocenters. The van der Waals surface area contributed by atoms with Crippen molar-refractivity contribution in [2.24, 2.45) is 5.41 Å². The summed E-state index contributed by atoms with van der Waals surface area (Å²) in [6.07, 6.45) is 1.87. The second-order valence-electron chi connectivity index (χ2n) is 19.5. The number of carboxylic acids is 1. The van der Waals surface area contributed by atoms with Gasteiger partial charge in [0, 0.05) is 86.8 Å². The number of nitrogens with one attached hydrogen (secondary N) is 2. The van der Waals surface area contributed by atoms with Crippen molar-refractivity contribution in [3.05, 3.63) is 88.0 Å². The monoisotopic (exact) mass is 966 g/mol. The van der Waals surface area contributed by atoms with Gasteiger partial charge in [0.15, 0.2) is 0 Å². The van der Waals surface area contributed by atoms with Crippen LogP contribution in [0.3, 0.4) is 0 Å². The molecule has 2 aromatic carbocycles. The predicted molar refractivity (Wildman–Crippen MR) is 265 cm³/mol. The number of methoxy groups -OCH3 is 1. The molecule has 69 heavy (non-hydrogen) atoms. The Labute approximate surface area is 407 Å². The number of amides is 3. The van der Waals surface area contributed by atoms with Crippen LogP contribution < -0.4 is 15.6 Å². The molecule has 0 spiro atoms. The molecule has 4 N–H and O–H groups in total. The average molecular weight is 967 g/mol. The largest absolute Gasteiger partial charge is 0.480 e. The second kappa shape index (κ2) is 21.7. The Balaban J connectivity index is 1.21. The van der Waals surface area contributed by atoms with Crippen molar-refractivity contribution in [3.63, 3.8) is 0 Å². The molecular formula is C51H66N8O9S. The third kappa shape index (κ3) is 12.2. The lowest BCUT2D eigenvalue weighted by Crippen LogP contribution is -2.60. The number of benzene rings is 2. The summed E-state index contributed by atoms with van der Waals surface area (Å²) in [7, 11) is 1.67. The molecule has 2 aliphatic rings. The van der Waals surface area contributed by atoms with Gasteiger partial charge in [0.2, 0.25) is 0 Å². The molecule has 2 unspecified atom stereocenters. The van der Waals surface area contributed by atoms with E-state index in [0.29, 0.717) is 62.7 Å². The minimum atomic E-state index is -1.09. The van der Waals surface area contributed by atoms with Gasteiger partial charge in [0.05, 0.1) is 40.1 Å². The van der Waals surface area contributed by atoms with Crippen LogP contribution in [0, 0.1) is 5.41 Å². The van der Waals surface area contributed by atoms with Crippen LogP contribution >= 0.6 is 11.3 Å². The van der Waals surface area contributed by atoms with E-state index in [9.17, 15) is 29.4 Å². The summed E-state index contributed by atoms with van der Waals surface area (Å²) >= 11 is 1.36. The molecule has 0 aliphatic carbocycles. The third-order valence-electron chi connectivity index (χ3n) is 12.5. The molecule has 5 heterocycles. The molecule has 3 aromatic heterocycles. The van der Waals surface area contributed by atoms with Crippen molar-refractivity contribution < 1.29 is 43.6 Å². The third-order valence-corrected chi connectivity index (χ3v) is 13.4. The molecule has 17 nitrogen and oxygen atoms in total. The Kier molecular flexibility index (Phi) is 16.0. The van der Waals surface area contributed by atoms with Crippen LogP contribution in [0.4, 0.5) is 15.3 Å². The number of aryl methyl sites for hydroxylation is 1. The number of piperazine rings is 1. The van der Waals surface area contributed by atoms with Crippen LogP contribution in [0.25, 0.3) is 33.4 Å². The number of aromatic nitrogens is 3. The summed E-state index contributed by atoms with van der Waals surface area (Å²) < 4.78 is 19.4. The number of hydrogen-bond acceptors (Lipinski definition) is 13. The zero-order chi connectivity index (χ0) is 49.6. The summed E-state index contributed by atoms with van der Waals surface area (Å²) in [6, 6.07) is 16.1. The second-order valence-corrected chi connectivity index (χ2v) is 20.4. The first kappa shape index (κ1) is 50.8. The first-order chi connectivity index (χ1) is 32.9. The number of aliphatic carboxylic acids is 1. The van der Waals surface area contributed by atoms with E-state index in [1.165, 1.54) is 16.3 Å². The number of aliphatic hydroxyl groups is 1. The Hall–Kier alpha value is -6.08. The maximum absolute atomic E-state index is 14.0. The Morgan fingerprint density at radius 1 is 1.00 bits per heavy atom. The lowest BCUT2D eigenvalue weighted by Gasteiger charge is -2.35. The first-order valence-electron chi connectivity index (χ1n) is 23.6. The molecule has 18 heteroatoms. The maximum atomic E-state index is 14.0. The number of anilines is 1. The molecule has 2 fully saturated rings. The molecule has 0 saturated carbocycles. The number of alkyl carbamates (subject to hydrolysis) is 1. The molecule has 3 amide bonds. The van der Waals surface area contributed by atoms with Gasteiger partial charge in [-0.1, -0.05) is 50.2 Å². The molecular weight excluding hydrogens is 901 g/mol. The number of hydrazine groups is 1. The fraction of sp³-hybridized carbons (Fsp3) is 0.490. The number of carbonyl (C=O) groups is 4. The number of carboxylic acid groups (broad SMARTS) is 1. The summed E-state index contributed by atoms with van der Waals surface area (Å²) in [5.41, 5.74) is 9.59. The van der Waals surface area contributed by atoms with E-state index in [1.54, 1.807) is 32.8 Å². The minimum Gasteiger partial charge on any atom is -0.480 e. The topological polar surface area (TPSA) is 201 Å². The number of hydrogen-bond donors (Lipinski definition) is 4. The SMILES string of the molecule is CCn1c(-c2cc(N3CCN(C(=O)OCc4ccccc4)CC3)cnc2[C@H](C)OC)c(CC(C)(C)CO)c2cc(-c3csc(CC(NC(=O)OC(C)(C)C)C(=O)N4CCCC(C(=O)O)N4)n3)ccc21. The normalized spacial score (nSPS) is 16.6. The number of nitrogens with zero attached hydrogens (tertiary/aromatic N) is 6. The summed E-state index contributed by atoms with van der Waals surface area (Å²) in [4.78, 5) is 66.0. The maximum Gasteiger partial charge on any atom is 0.410 e. The van der Waals surface area contributed by atoms with Gasteiger partial charge in [0.25, 0.3) is 5.91 Å². The zero-order valence-corrected chi connectivity index (χ0v) is 41.7. The van der Waals surface area contributed by atoms with Crippen molar-refractivity contribution in [3.8, 4) is 22.5 Å². The Morgan fingerprint density at radius 2 is 1.74 bits per heavy atom. The van der Waals surface area contributed by atoms with Crippen LogP contribution in [0.5, 0.6) is 0 Å². The minimum absolute atomic E-state index is 0.0425. The van der Waals surface area contributed by atoms with Crippen molar-refractivity contribution >= 4 is 52.0 Å². The number of carbonyl (C=O) groups excluding carboxylic acids is 3. The standard InChI is InChI=1S/C51H66N8O9S/c1-9-58-42-18-17-34(41-30-69-43(53-41)26-40(54-48(64)68-50(3,4)5)46(61)59-19-13-16-39(55-59)47(62)63)24-36(42)38(27-51(6,7)31-60)45(58)37-25-35(28-52-44(37)32(2)66-8)56-20-22-57(23-21-56)49(65)67-29-33-14-11-10-12-15-33/h10-12,14-15,17-18,24-25,28,30,32,39-40,55,60H,9,13,16,19-23,26-27,29,31H2,1-8H3,(H,54,64)(H,62,63)/t32-,39?,40?/m0/s1. The number of rotatable bonds is 16. The number of ether oxygens (including phenoxy) is 3. The fourth-order valence-corrected chi connectivity index (χ4v) is 9.68. The molecule has 0 radical (unpaired) electrons. The highest BCUT2D eigenvalue weighted by Gasteiger charge is 2.35. The lowest BCUT2D eigenvalue weighted by atomic mass is 9.84. The van der Waals surface area contributed by atoms with Gasteiger partial charge >= 0.3 is 18.2 Å². The van der Waals surface area contributed by atoms with Gasteiger partial charge in [-0.15, -0.1) is 11.3 Å². The quantitative estimate of drug-likeness (QED) is 0.0755. The van der Waals surface area contributed by atoms with Gasteiger partial charge in [-0.05, 0) is 88.6 Å². The van der Waals surface area contributed by atoms with Gasteiger partial charge < -0.3 is 44.1 Å². The van der Waals surface area contributed by atoms with Crippen molar-refractivity contribution in [2.75, 3.05) is 51.3 Å². The van der Waals surface area contributed by atoms with Crippen LogP contribution in [0.15, 0.2) is 66.2 Å². The molecule has 7 rings (SSSR count). The van der Waals surface area contributed by atoms with Crippen LogP contribution in [-0.4, -0.2) is 123 Å². The predicted octanol–water partition coefficient (Wildman–Crippen LogP) is 7.59. The highest BCUT2D eigenvalue weighted by Crippen LogP contribution is 2.43. The van der Waals surface area contributed by atoms with E-state index in [2.05, 4.69) is 45.3 Å². The van der Waals surface area contributed by atoms with Gasteiger partial charge in [-0.25, -0.2) is 20.0 Å². The summed E-state index contributed by atoms with van der Waals surface area (Å²) in [6.45, 7) is 16.6. The van der Waals surface area contributed by atoms with Crippen LogP contribution in [0.1, 0.15) is 89.2 Å². The highest BCUT2D eigenvalue weighted by molar-refractivity contribution is 7.10. The van der Waals surface area contributed by atoms with Gasteiger partial charge in [-0.2, -0.15) is 0 Å². The van der Waals surface area contributed by atoms with Crippen LogP contribution in [-0.2, 0) is 49.8 Å². The van der Waals surface area contributed by atoms with Crippen LogP contribution in [0.2, 0.25) is 0 Å². The molecule has 5 aromatic rings. The van der Waals surface area contributed by atoms with E-state index in [4.69, 9.17) is 24.2 Å². The number of aliphatic hydroxyl groups excluding tert-OH is 1. The average Bonchev–Trinajstić information content (AvgIpc) is 3.93. The summed E-state index contributed by atoms with van der Waals surface area (Å²) in [5, 5.41) is 27.9. The fourth-order valence-electron chi connectivity index (χ4n) is 8.83. The number of fused-ring (bicyclic) bond motifs is 1. The van der Waals surface area contributed by atoms with Gasteiger partial charge in [-0.3, -0.25) is 19.6 Å². The summed E-state index contributed by atoms with van der Waals surface area (Å²) in [5.74, 6) is -1.55. The van der Waals surface area contributed by atoms with E-state index in [-0.39, 0.29) is 38.4 Å². The van der Waals surface area contributed by atoms with Crippen molar-refractivity contribution in [2.45, 2.75) is 111 Å². The molecule has 2 aliphatic heterocycles. The van der Waals surface area contributed by atoms with E-state index < -0.39 is 41.1 Å². The van der Waals surface area contributed by atoms with Crippen molar-refractivity contribution in [1.29, 1.82) is 0 Å². The van der Waals surface area contributed by atoms with E-state index in [0.717, 1.165) is 50.2 Å². The smallest absolute Gasteiger partial charge is 0.410 e. The molecule has 370 valence electrons.